The van der Waals surface area contributed by atoms with Crippen LogP contribution in [-0.2, 0) is 4.74 Å². The third-order valence-electron chi connectivity index (χ3n) is 2.49. The molecule has 13 heavy (non-hydrogen) atoms. The van der Waals surface area contributed by atoms with Gasteiger partial charge in [-0.1, -0.05) is 0 Å². The van der Waals surface area contributed by atoms with Crippen molar-refractivity contribution in [2.75, 3.05) is 6.61 Å². The molecule has 1 fully saturated rings. The second-order valence-corrected chi connectivity index (χ2v) is 4.18. The minimum absolute atomic E-state index is 0.197. The van der Waals surface area contributed by atoms with E-state index in [1.54, 1.807) is 0 Å². The Hall–Kier alpha value is -0.120. The molecule has 0 aromatic carbocycles. The van der Waals surface area contributed by atoms with Crippen LogP contribution in [0.2, 0.25) is 0 Å². The van der Waals surface area contributed by atoms with Crippen LogP contribution in [0.1, 0.15) is 33.6 Å². The highest BCUT2D eigenvalue weighted by Crippen LogP contribution is 2.19. The number of rotatable bonds is 3. The Kier molecular flexibility index (Phi) is 4.16. The first-order valence-electron chi connectivity index (χ1n) is 5.14. The summed E-state index contributed by atoms with van der Waals surface area (Å²) in [7, 11) is 0. The molecule has 0 saturated carbocycles. The summed E-state index contributed by atoms with van der Waals surface area (Å²) >= 11 is 0. The highest BCUT2D eigenvalue weighted by molar-refractivity contribution is 4.80. The van der Waals surface area contributed by atoms with Gasteiger partial charge in [0.05, 0.1) is 18.8 Å². The minimum Gasteiger partial charge on any atom is -0.395 e. The zero-order valence-corrected chi connectivity index (χ0v) is 8.79. The van der Waals surface area contributed by atoms with E-state index in [9.17, 15) is 0 Å². The van der Waals surface area contributed by atoms with Gasteiger partial charge in [-0.2, -0.15) is 0 Å². The molecule has 3 atom stereocenters. The average Bonchev–Trinajstić information content (AvgIpc) is 2.02. The van der Waals surface area contributed by atoms with Crippen LogP contribution in [0.5, 0.6) is 0 Å². The van der Waals surface area contributed by atoms with E-state index in [-0.39, 0.29) is 12.6 Å². The lowest BCUT2D eigenvalue weighted by molar-refractivity contribution is -0.0440. The summed E-state index contributed by atoms with van der Waals surface area (Å²) in [6.07, 6.45) is 2.78. The van der Waals surface area contributed by atoms with Gasteiger partial charge in [0.2, 0.25) is 0 Å². The molecule has 3 heteroatoms. The fourth-order valence-corrected chi connectivity index (χ4v) is 2.00. The van der Waals surface area contributed by atoms with E-state index >= 15 is 0 Å². The van der Waals surface area contributed by atoms with Crippen LogP contribution in [0.25, 0.3) is 0 Å². The summed E-state index contributed by atoms with van der Waals surface area (Å²) in [6.45, 7) is 6.42. The van der Waals surface area contributed by atoms with E-state index < -0.39 is 0 Å². The molecule has 1 saturated heterocycles. The number of aliphatic hydroxyl groups is 1. The monoisotopic (exact) mass is 187 g/mol. The number of ether oxygens (including phenoxy) is 1. The van der Waals surface area contributed by atoms with Crippen LogP contribution in [0, 0.1) is 0 Å². The van der Waals surface area contributed by atoms with Gasteiger partial charge in [0.15, 0.2) is 0 Å². The quantitative estimate of drug-likeness (QED) is 0.690. The summed E-state index contributed by atoms with van der Waals surface area (Å²) < 4.78 is 5.63. The average molecular weight is 187 g/mol. The van der Waals surface area contributed by atoms with Crippen LogP contribution in [0.3, 0.4) is 0 Å². The van der Waals surface area contributed by atoms with Crippen molar-refractivity contribution in [3.05, 3.63) is 0 Å². The van der Waals surface area contributed by atoms with Gasteiger partial charge in [0.25, 0.3) is 0 Å². The summed E-state index contributed by atoms with van der Waals surface area (Å²) in [6, 6.07) is 0.698. The molecular formula is C10H21NO2. The van der Waals surface area contributed by atoms with Crippen molar-refractivity contribution in [3.8, 4) is 0 Å². The molecule has 0 aromatic heterocycles. The second-order valence-electron chi connectivity index (χ2n) is 4.18. The van der Waals surface area contributed by atoms with Crippen molar-refractivity contribution in [2.24, 2.45) is 0 Å². The number of nitrogens with one attached hydrogen (secondary N) is 1. The maximum Gasteiger partial charge on any atom is 0.0582 e. The number of aliphatic hydroxyl groups excluding tert-OH is 1. The fourth-order valence-electron chi connectivity index (χ4n) is 2.00. The molecule has 1 rings (SSSR count). The van der Waals surface area contributed by atoms with Crippen LogP contribution >= 0.6 is 0 Å². The van der Waals surface area contributed by atoms with Crippen molar-refractivity contribution in [1.82, 2.24) is 5.32 Å². The molecule has 78 valence electrons. The SMILES string of the molecule is CC(CO)NC1CC(C)OC(C)C1. The van der Waals surface area contributed by atoms with Crippen molar-refractivity contribution < 1.29 is 9.84 Å². The molecule has 1 aliphatic heterocycles. The highest BCUT2D eigenvalue weighted by atomic mass is 16.5. The van der Waals surface area contributed by atoms with Gasteiger partial charge in [-0.05, 0) is 33.6 Å². The van der Waals surface area contributed by atoms with E-state index in [0.717, 1.165) is 12.8 Å². The maximum atomic E-state index is 8.90. The van der Waals surface area contributed by atoms with Gasteiger partial charge in [-0.25, -0.2) is 0 Å². The van der Waals surface area contributed by atoms with Crippen LogP contribution < -0.4 is 5.32 Å². The zero-order chi connectivity index (χ0) is 9.84. The van der Waals surface area contributed by atoms with Crippen molar-refractivity contribution >= 4 is 0 Å². The van der Waals surface area contributed by atoms with E-state index in [0.29, 0.717) is 18.2 Å². The van der Waals surface area contributed by atoms with Crippen molar-refractivity contribution in [1.29, 1.82) is 0 Å². The number of hydrogen-bond acceptors (Lipinski definition) is 3. The first-order valence-corrected chi connectivity index (χ1v) is 5.14. The predicted molar refractivity (Wildman–Crippen MR) is 52.7 cm³/mol. The van der Waals surface area contributed by atoms with Crippen LogP contribution in [-0.4, -0.2) is 36.0 Å². The smallest absolute Gasteiger partial charge is 0.0582 e. The summed E-state index contributed by atoms with van der Waals surface area (Å²) in [5.74, 6) is 0. The first-order chi connectivity index (χ1) is 6.11. The molecule has 3 unspecified atom stereocenters. The van der Waals surface area contributed by atoms with Gasteiger partial charge < -0.3 is 15.2 Å². The Morgan fingerprint density at radius 2 is 1.92 bits per heavy atom. The maximum absolute atomic E-state index is 8.90. The Labute approximate surface area is 80.5 Å². The Morgan fingerprint density at radius 3 is 2.38 bits per heavy atom. The molecule has 0 bridgehead atoms. The molecule has 0 aromatic rings. The zero-order valence-electron chi connectivity index (χ0n) is 8.79. The van der Waals surface area contributed by atoms with E-state index in [2.05, 4.69) is 19.2 Å². The number of hydrogen-bond donors (Lipinski definition) is 2. The van der Waals surface area contributed by atoms with E-state index in [4.69, 9.17) is 9.84 Å². The molecular weight excluding hydrogens is 166 g/mol. The van der Waals surface area contributed by atoms with E-state index in [1.807, 2.05) is 6.92 Å². The summed E-state index contributed by atoms with van der Waals surface area (Å²) in [5.41, 5.74) is 0. The molecule has 0 radical (unpaired) electrons. The lowest BCUT2D eigenvalue weighted by atomic mass is 9.99. The normalized spacial score (nSPS) is 37.4. The fraction of sp³-hybridized carbons (Fsp3) is 1.00. The largest absolute Gasteiger partial charge is 0.395 e. The highest BCUT2D eigenvalue weighted by Gasteiger charge is 2.24. The van der Waals surface area contributed by atoms with Crippen LogP contribution in [0.15, 0.2) is 0 Å². The van der Waals surface area contributed by atoms with Crippen molar-refractivity contribution in [3.63, 3.8) is 0 Å². The van der Waals surface area contributed by atoms with Gasteiger partial charge in [-0.3, -0.25) is 0 Å². The Bertz CT molecular complexity index is 142. The Morgan fingerprint density at radius 1 is 1.38 bits per heavy atom. The minimum atomic E-state index is 0.197. The Balaban J connectivity index is 2.32. The topological polar surface area (TPSA) is 41.5 Å². The summed E-state index contributed by atoms with van der Waals surface area (Å²) in [5, 5.41) is 12.3. The molecule has 0 spiro atoms. The second kappa shape index (κ2) is 4.94. The lowest BCUT2D eigenvalue weighted by Gasteiger charge is -2.34. The molecule has 0 amide bonds. The van der Waals surface area contributed by atoms with Crippen LogP contribution in [0.4, 0.5) is 0 Å². The molecule has 2 N–H and O–H groups in total. The lowest BCUT2D eigenvalue weighted by Crippen LogP contribution is -2.45. The van der Waals surface area contributed by atoms with Crippen molar-refractivity contribution in [2.45, 2.75) is 57.9 Å². The van der Waals surface area contributed by atoms with Gasteiger partial charge in [0, 0.05) is 12.1 Å². The third-order valence-corrected chi connectivity index (χ3v) is 2.49. The van der Waals surface area contributed by atoms with E-state index in [1.165, 1.54) is 0 Å². The summed E-state index contributed by atoms with van der Waals surface area (Å²) in [4.78, 5) is 0. The van der Waals surface area contributed by atoms with Gasteiger partial charge >= 0.3 is 0 Å². The standard InChI is InChI=1S/C10H21NO2/c1-7(6-12)11-10-4-8(2)13-9(3)5-10/h7-12H,4-6H2,1-3H3. The molecule has 1 heterocycles. The molecule has 3 nitrogen and oxygen atoms in total. The first kappa shape index (κ1) is 11.0. The predicted octanol–water partition coefficient (Wildman–Crippen LogP) is 0.913. The third kappa shape index (κ3) is 3.63. The molecule has 0 aliphatic carbocycles. The van der Waals surface area contributed by atoms with Gasteiger partial charge in [0.1, 0.15) is 0 Å². The van der Waals surface area contributed by atoms with Gasteiger partial charge in [-0.15, -0.1) is 0 Å². The molecule has 1 aliphatic rings.